The quantitative estimate of drug-likeness (QED) is 0.791. The molecule has 0 aromatic heterocycles. The van der Waals surface area contributed by atoms with Crippen LogP contribution >= 0.6 is 0 Å². The van der Waals surface area contributed by atoms with Gasteiger partial charge in [-0.25, -0.2) is 0 Å². The molecular weight excluding hydrogens is 248 g/mol. The van der Waals surface area contributed by atoms with Gasteiger partial charge in [0.25, 0.3) is 0 Å². The molecule has 0 bridgehead atoms. The second-order valence-corrected chi connectivity index (χ2v) is 5.02. The van der Waals surface area contributed by atoms with E-state index in [0.717, 1.165) is 22.6 Å². The fourth-order valence-electron chi connectivity index (χ4n) is 2.08. The topological polar surface area (TPSA) is 18.5 Å². The minimum atomic E-state index is 0.592. The Hall–Kier alpha value is -1.96. The summed E-state index contributed by atoms with van der Waals surface area (Å²) in [6.45, 7) is 9.50. The zero-order chi connectivity index (χ0) is 14.5. The predicted molar refractivity (Wildman–Crippen MR) is 82.6 cm³/mol. The second-order valence-electron chi connectivity index (χ2n) is 5.02. The van der Waals surface area contributed by atoms with Gasteiger partial charge in [0.1, 0.15) is 18.1 Å². The van der Waals surface area contributed by atoms with Crippen molar-refractivity contribution in [1.29, 1.82) is 0 Å². The Bertz CT molecular complexity index is 571. The lowest BCUT2D eigenvalue weighted by molar-refractivity contribution is 0.301. The summed E-state index contributed by atoms with van der Waals surface area (Å²) in [7, 11) is 0. The van der Waals surface area contributed by atoms with E-state index >= 15 is 0 Å². The molecule has 0 heterocycles. The first-order chi connectivity index (χ1) is 9.61. The number of hydrogen-bond acceptors (Lipinski definition) is 2. The van der Waals surface area contributed by atoms with Crippen LogP contribution in [0.2, 0.25) is 0 Å². The van der Waals surface area contributed by atoms with Gasteiger partial charge in [-0.2, -0.15) is 0 Å². The predicted octanol–water partition coefficient (Wildman–Crippen LogP) is 4.59. The van der Waals surface area contributed by atoms with Gasteiger partial charge in [-0.3, -0.25) is 0 Å². The van der Waals surface area contributed by atoms with Crippen LogP contribution in [-0.4, -0.2) is 6.61 Å². The summed E-state index contributed by atoms with van der Waals surface area (Å²) in [5.74, 6) is 1.86. The van der Waals surface area contributed by atoms with Gasteiger partial charge in [-0.05, 0) is 56.5 Å². The third-order valence-corrected chi connectivity index (χ3v) is 3.50. The molecule has 0 atom stereocenters. The highest BCUT2D eigenvalue weighted by Gasteiger charge is 2.08. The summed E-state index contributed by atoms with van der Waals surface area (Å²) >= 11 is 0. The summed E-state index contributed by atoms with van der Waals surface area (Å²) < 4.78 is 11.5. The van der Waals surface area contributed by atoms with Crippen molar-refractivity contribution < 1.29 is 9.47 Å². The minimum Gasteiger partial charge on any atom is -0.494 e. The molecule has 2 aromatic carbocycles. The summed E-state index contributed by atoms with van der Waals surface area (Å²) in [6, 6.07) is 12.4. The van der Waals surface area contributed by atoms with E-state index in [2.05, 4.69) is 45.0 Å². The number of aryl methyl sites for hydroxylation is 1. The van der Waals surface area contributed by atoms with E-state index in [4.69, 9.17) is 9.47 Å². The van der Waals surface area contributed by atoms with Gasteiger partial charge in [0.15, 0.2) is 0 Å². The monoisotopic (exact) mass is 270 g/mol. The molecular formula is C18H22O2. The lowest BCUT2D eigenvalue weighted by atomic mass is 10.1. The van der Waals surface area contributed by atoms with Crippen LogP contribution in [0.1, 0.15) is 29.2 Å². The third-order valence-electron chi connectivity index (χ3n) is 3.50. The van der Waals surface area contributed by atoms with Crippen molar-refractivity contribution in [2.75, 3.05) is 6.61 Å². The first-order valence-electron chi connectivity index (χ1n) is 7.03. The van der Waals surface area contributed by atoms with Crippen molar-refractivity contribution in [3.63, 3.8) is 0 Å². The van der Waals surface area contributed by atoms with Gasteiger partial charge < -0.3 is 9.47 Å². The molecule has 0 spiro atoms. The maximum Gasteiger partial charge on any atom is 0.123 e. The van der Waals surface area contributed by atoms with Gasteiger partial charge in [-0.1, -0.05) is 29.8 Å². The smallest absolute Gasteiger partial charge is 0.123 e. The summed E-state index contributed by atoms with van der Waals surface area (Å²) in [4.78, 5) is 0. The second kappa shape index (κ2) is 6.47. The number of ether oxygens (including phenoxy) is 2. The number of benzene rings is 2. The van der Waals surface area contributed by atoms with Crippen molar-refractivity contribution in [2.45, 2.75) is 34.3 Å². The normalized spacial score (nSPS) is 10.4. The molecule has 2 nitrogen and oxygen atoms in total. The first kappa shape index (κ1) is 14.4. The highest BCUT2D eigenvalue weighted by molar-refractivity contribution is 5.47. The Kier molecular flexibility index (Phi) is 4.67. The fraction of sp³-hybridized carbons (Fsp3) is 0.333. The highest BCUT2D eigenvalue weighted by atomic mass is 16.5. The molecule has 0 saturated carbocycles. The van der Waals surface area contributed by atoms with Crippen molar-refractivity contribution >= 4 is 0 Å². The molecule has 20 heavy (non-hydrogen) atoms. The molecule has 0 radical (unpaired) electrons. The van der Waals surface area contributed by atoms with Crippen molar-refractivity contribution in [1.82, 2.24) is 0 Å². The van der Waals surface area contributed by atoms with E-state index in [9.17, 15) is 0 Å². The molecule has 2 aromatic rings. The first-order valence-corrected chi connectivity index (χ1v) is 7.03. The molecule has 0 fully saturated rings. The Morgan fingerprint density at radius 3 is 1.85 bits per heavy atom. The van der Waals surface area contributed by atoms with Crippen LogP contribution in [0.25, 0.3) is 0 Å². The molecule has 0 aliphatic heterocycles. The number of hydrogen-bond donors (Lipinski definition) is 0. The third kappa shape index (κ3) is 3.32. The largest absolute Gasteiger partial charge is 0.494 e. The minimum absolute atomic E-state index is 0.592. The van der Waals surface area contributed by atoms with Crippen molar-refractivity contribution in [3.8, 4) is 11.5 Å². The van der Waals surface area contributed by atoms with Gasteiger partial charge in [0.2, 0.25) is 0 Å². The number of rotatable bonds is 5. The Morgan fingerprint density at radius 1 is 0.750 bits per heavy atom. The maximum atomic E-state index is 5.92. The maximum absolute atomic E-state index is 5.92. The lowest BCUT2D eigenvalue weighted by Gasteiger charge is -2.14. The van der Waals surface area contributed by atoms with Crippen LogP contribution in [0.4, 0.5) is 0 Å². The zero-order valence-electron chi connectivity index (χ0n) is 12.7. The van der Waals surface area contributed by atoms with E-state index in [1.54, 1.807) is 0 Å². The highest BCUT2D eigenvalue weighted by Crippen LogP contribution is 2.29. The van der Waals surface area contributed by atoms with E-state index in [-0.39, 0.29) is 0 Å². The van der Waals surface area contributed by atoms with E-state index in [1.165, 1.54) is 11.1 Å². The van der Waals surface area contributed by atoms with Crippen LogP contribution in [0, 0.1) is 20.8 Å². The van der Waals surface area contributed by atoms with Gasteiger partial charge in [0, 0.05) is 0 Å². The Labute approximate surface area is 121 Å². The van der Waals surface area contributed by atoms with Crippen LogP contribution < -0.4 is 9.47 Å². The molecule has 0 saturated heterocycles. The summed E-state index contributed by atoms with van der Waals surface area (Å²) in [5.41, 5.74) is 4.74. The molecule has 0 aliphatic rings. The lowest BCUT2D eigenvalue weighted by Crippen LogP contribution is -2.00. The average Bonchev–Trinajstić information content (AvgIpc) is 2.45. The van der Waals surface area contributed by atoms with Gasteiger partial charge in [0.05, 0.1) is 6.61 Å². The SMILES string of the molecule is CCOc1ccc(OCc2ccc(C)cc2)c(C)c1C. The summed E-state index contributed by atoms with van der Waals surface area (Å²) in [6.07, 6.45) is 0. The van der Waals surface area contributed by atoms with E-state index in [1.807, 2.05) is 19.1 Å². The fourth-order valence-corrected chi connectivity index (χ4v) is 2.08. The van der Waals surface area contributed by atoms with Gasteiger partial charge in [-0.15, -0.1) is 0 Å². The zero-order valence-corrected chi connectivity index (χ0v) is 12.7. The summed E-state index contributed by atoms with van der Waals surface area (Å²) in [5, 5.41) is 0. The van der Waals surface area contributed by atoms with Crippen molar-refractivity contribution in [2.24, 2.45) is 0 Å². The molecule has 0 unspecified atom stereocenters. The van der Waals surface area contributed by atoms with E-state index < -0.39 is 0 Å². The molecule has 0 aliphatic carbocycles. The van der Waals surface area contributed by atoms with Crippen LogP contribution in [0.3, 0.4) is 0 Å². The molecule has 0 N–H and O–H groups in total. The standard InChI is InChI=1S/C18H22O2/c1-5-19-17-10-11-18(15(4)14(17)3)20-12-16-8-6-13(2)7-9-16/h6-11H,5,12H2,1-4H3. The molecule has 0 amide bonds. The molecule has 2 rings (SSSR count). The molecule has 106 valence electrons. The molecule has 2 heteroatoms. The Morgan fingerprint density at radius 2 is 1.30 bits per heavy atom. The van der Waals surface area contributed by atoms with Crippen LogP contribution in [-0.2, 0) is 6.61 Å². The van der Waals surface area contributed by atoms with E-state index in [0.29, 0.717) is 13.2 Å². The Balaban J connectivity index is 2.10. The van der Waals surface area contributed by atoms with Gasteiger partial charge >= 0.3 is 0 Å². The average molecular weight is 270 g/mol. The van der Waals surface area contributed by atoms with Crippen LogP contribution in [0.5, 0.6) is 11.5 Å². The van der Waals surface area contributed by atoms with Crippen molar-refractivity contribution in [3.05, 3.63) is 58.7 Å². The van der Waals surface area contributed by atoms with Crippen LogP contribution in [0.15, 0.2) is 36.4 Å².